The van der Waals surface area contributed by atoms with Crippen LogP contribution in [0.1, 0.15) is 27.5 Å². The van der Waals surface area contributed by atoms with E-state index in [0.717, 1.165) is 15.6 Å². The Labute approximate surface area is 198 Å². The number of hydrogen-bond acceptors (Lipinski definition) is 5. The SMILES string of the molecule is O=C(c1ccccc1)[C@H]1[C@H]2C(=O)N(c3cccc(Br)c3)C(=O)[C@H]2C2c3ccccc3C=NN21. The maximum absolute atomic E-state index is 13.8. The van der Waals surface area contributed by atoms with Crippen LogP contribution in [-0.4, -0.2) is 34.9 Å². The minimum absolute atomic E-state index is 0.207. The van der Waals surface area contributed by atoms with E-state index in [4.69, 9.17) is 0 Å². The lowest BCUT2D eigenvalue weighted by Crippen LogP contribution is -2.44. The molecule has 2 amide bonds. The first-order chi connectivity index (χ1) is 16.1. The Morgan fingerprint density at radius 1 is 0.848 bits per heavy atom. The molecule has 0 spiro atoms. The molecule has 3 heterocycles. The van der Waals surface area contributed by atoms with Crippen molar-refractivity contribution in [1.29, 1.82) is 0 Å². The summed E-state index contributed by atoms with van der Waals surface area (Å²) in [6.07, 6.45) is 1.71. The van der Waals surface area contributed by atoms with Gasteiger partial charge >= 0.3 is 0 Å². The fraction of sp³-hybridized carbons (Fsp3) is 0.154. The number of carbonyl (C=O) groups excluding carboxylic acids is 3. The van der Waals surface area contributed by atoms with E-state index in [0.29, 0.717) is 11.3 Å². The minimum atomic E-state index is -0.861. The van der Waals surface area contributed by atoms with Gasteiger partial charge in [0.05, 0.1) is 29.8 Å². The summed E-state index contributed by atoms with van der Waals surface area (Å²) >= 11 is 3.42. The monoisotopic (exact) mass is 499 g/mol. The van der Waals surface area contributed by atoms with Crippen molar-refractivity contribution in [2.45, 2.75) is 12.1 Å². The molecule has 0 aromatic heterocycles. The van der Waals surface area contributed by atoms with Gasteiger partial charge in [0.1, 0.15) is 6.04 Å². The maximum Gasteiger partial charge on any atom is 0.240 e. The standard InChI is InChI=1S/C26H18BrN3O3/c27-17-10-6-11-18(13-17)29-25(32)20-21(26(29)33)23(24(31)15-7-2-1-3-8-15)30-22(20)19-12-5-4-9-16(19)14-28-30/h1-14,20-23H/t20-,21+,22?,23-/m1/s1. The van der Waals surface area contributed by atoms with Gasteiger partial charge in [0.25, 0.3) is 0 Å². The number of fused-ring (bicyclic) bond motifs is 5. The quantitative estimate of drug-likeness (QED) is 0.399. The zero-order valence-corrected chi connectivity index (χ0v) is 18.9. The molecule has 3 aromatic rings. The van der Waals surface area contributed by atoms with Crippen molar-refractivity contribution in [1.82, 2.24) is 5.01 Å². The molecule has 0 aliphatic carbocycles. The number of halogens is 1. The van der Waals surface area contributed by atoms with Gasteiger partial charge in [-0.15, -0.1) is 0 Å². The predicted octanol–water partition coefficient (Wildman–Crippen LogP) is 4.21. The van der Waals surface area contributed by atoms with E-state index in [1.54, 1.807) is 53.7 Å². The van der Waals surface area contributed by atoms with E-state index < -0.39 is 23.9 Å². The van der Waals surface area contributed by atoms with Crippen LogP contribution in [0.2, 0.25) is 0 Å². The Balaban J connectivity index is 1.51. The average Bonchev–Trinajstić information content (AvgIpc) is 3.32. The van der Waals surface area contributed by atoms with Gasteiger partial charge in [0.15, 0.2) is 5.78 Å². The molecule has 6 rings (SSSR count). The van der Waals surface area contributed by atoms with Crippen molar-refractivity contribution in [3.63, 3.8) is 0 Å². The van der Waals surface area contributed by atoms with Gasteiger partial charge in [-0.1, -0.05) is 76.6 Å². The summed E-state index contributed by atoms with van der Waals surface area (Å²) in [5.74, 6) is -2.39. The van der Waals surface area contributed by atoms with Gasteiger partial charge in [-0.05, 0) is 29.3 Å². The summed E-state index contributed by atoms with van der Waals surface area (Å²) in [6, 6.07) is 22.4. The third-order valence-corrected chi connectivity index (χ3v) is 7.18. The van der Waals surface area contributed by atoms with Crippen LogP contribution in [0.3, 0.4) is 0 Å². The van der Waals surface area contributed by atoms with Crippen molar-refractivity contribution >= 4 is 45.4 Å². The Kier molecular flexibility index (Phi) is 4.55. The number of ketones is 1. The van der Waals surface area contributed by atoms with Gasteiger partial charge < -0.3 is 0 Å². The van der Waals surface area contributed by atoms with Crippen LogP contribution in [0.4, 0.5) is 5.69 Å². The number of anilines is 1. The number of hydrazone groups is 1. The van der Waals surface area contributed by atoms with Gasteiger partial charge in [-0.3, -0.25) is 19.4 Å². The fourth-order valence-electron chi connectivity index (χ4n) is 5.31. The number of Topliss-reactive ketones (excluding diaryl/α,β-unsaturated/α-hetero) is 1. The van der Waals surface area contributed by atoms with E-state index in [1.165, 1.54) is 4.90 Å². The minimum Gasteiger partial charge on any atom is -0.292 e. The first-order valence-corrected chi connectivity index (χ1v) is 11.5. The molecule has 3 aliphatic rings. The first-order valence-electron chi connectivity index (χ1n) is 10.7. The van der Waals surface area contributed by atoms with Crippen LogP contribution in [-0.2, 0) is 9.59 Å². The van der Waals surface area contributed by atoms with Crippen molar-refractivity contribution in [2.75, 3.05) is 4.90 Å². The number of carbonyl (C=O) groups is 3. The highest BCUT2D eigenvalue weighted by Gasteiger charge is 2.65. The first kappa shape index (κ1) is 20.1. The van der Waals surface area contributed by atoms with Crippen molar-refractivity contribution < 1.29 is 14.4 Å². The largest absolute Gasteiger partial charge is 0.292 e. The molecule has 4 atom stereocenters. The molecular weight excluding hydrogens is 482 g/mol. The number of rotatable bonds is 3. The highest BCUT2D eigenvalue weighted by Crippen LogP contribution is 2.53. The second-order valence-electron chi connectivity index (χ2n) is 8.42. The van der Waals surface area contributed by atoms with E-state index >= 15 is 0 Å². The van der Waals surface area contributed by atoms with Crippen LogP contribution < -0.4 is 4.90 Å². The summed E-state index contributed by atoms with van der Waals surface area (Å²) in [6.45, 7) is 0. The molecule has 1 unspecified atom stereocenters. The van der Waals surface area contributed by atoms with Crippen LogP contribution >= 0.6 is 15.9 Å². The molecule has 0 N–H and O–H groups in total. The maximum atomic E-state index is 13.8. The lowest BCUT2D eigenvalue weighted by atomic mass is 9.83. The van der Waals surface area contributed by atoms with Gasteiger partial charge in [-0.25, -0.2) is 4.90 Å². The zero-order chi connectivity index (χ0) is 22.7. The molecule has 2 fully saturated rings. The van der Waals surface area contributed by atoms with E-state index in [2.05, 4.69) is 21.0 Å². The Bertz CT molecular complexity index is 1340. The molecule has 33 heavy (non-hydrogen) atoms. The molecule has 6 nitrogen and oxygen atoms in total. The number of hydrogen-bond donors (Lipinski definition) is 0. The molecule has 162 valence electrons. The number of nitrogens with zero attached hydrogens (tertiary/aromatic N) is 3. The number of imide groups is 1. The Morgan fingerprint density at radius 3 is 2.36 bits per heavy atom. The van der Waals surface area contributed by atoms with E-state index in [9.17, 15) is 14.4 Å². The Morgan fingerprint density at radius 2 is 1.58 bits per heavy atom. The molecule has 3 aliphatic heterocycles. The summed E-state index contributed by atoms with van der Waals surface area (Å²) in [5.41, 5.74) is 2.80. The molecule has 0 bridgehead atoms. The normalized spacial score (nSPS) is 25.1. The van der Waals surface area contributed by atoms with Crippen molar-refractivity contribution in [3.05, 3.63) is 100 Å². The highest BCUT2D eigenvalue weighted by atomic mass is 79.9. The predicted molar refractivity (Wildman–Crippen MR) is 127 cm³/mol. The number of benzene rings is 3. The lowest BCUT2D eigenvalue weighted by Gasteiger charge is -2.33. The highest BCUT2D eigenvalue weighted by molar-refractivity contribution is 9.10. The number of amides is 2. The summed E-state index contributed by atoms with van der Waals surface area (Å²) in [7, 11) is 0. The van der Waals surface area contributed by atoms with Crippen molar-refractivity contribution in [2.24, 2.45) is 16.9 Å². The summed E-state index contributed by atoms with van der Waals surface area (Å²) in [4.78, 5) is 42.5. The van der Waals surface area contributed by atoms with E-state index in [-0.39, 0.29) is 17.6 Å². The second-order valence-corrected chi connectivity index (χ2v) is 9.33. The molecular formula is C26H18BrN3O3. The molecule has 3 aromatic carbocycles. The van der Waals surface area contributed by atoms with Crippen LogP contribution in [0.5, 0.6) is 0 Å². The summed E-state index contributed by atoms with van der Waals surface area (Å²) in [5, 5.41) is 6.26. The third kappa shape index (κ3) is 2.92. The molecule has 0 saturated carbocycles. The van der Waals surface area contributed by atoms with Crippen LogP contribution in [0, 0.1) is 11.8 Å². The Hall–Kier alpha value is -3.58. The molecule has 7 heteroatoms. The zero-order valence-electron chi connectivity index (χ0n) is 17.3. The lowest BCUT2D eigenvalue weighted by molar-refractivity contribution is -0.124. The molecule has 2 saturated heterocycles. The summed E-state index contributed by atoms with van der Waals surface area (Å²) < 4.78 is 0.767. The van der Waals surface area contributed by atoms with Gasteiger partial charge in [-0.2, -0.15) is 5.10 Å². The van der Waals surface area contributed by atoms with E-state index in [1.807, 2.05) is 36.4 Å². The van der Waals surface area contributed by atoms with Crippen LogP contribution in [0.25, 0.3) is 0 Å². The average molecular weight is 500 g/mol. The topological polar surface area (TPSA) is 70.0 Å². The fourth-order valence-corrected chi connectivity index (χ4v) is 5.70. The third-order valence-electron chi connectivity index (χ3n) is 6.69. The second kappa shape index (κ2) is 7.49. The smallest absolute Gasteiger partial charge is 0.240 e. The van der Waals surface area contributed by atoms with Gasteiger partial charge in [0, 0.05) is 10.0 Å². The van der Waals surface area contributed by atoms with Crippen LogP contribution in [0.15, 0.2) is 88.4 Å². The molecule has 0 radical (unpaired) electrons. The van der Waals surface area contributed by atoms with Crippen molar-refractivity contribution in [3.8, 4) is 0 Å². The van der Waals surface area contributed by atoms with Gasteiger partial charge in [0.2, 0.25) is 11.8 Å².